The van der Waals surface area contributed by atoms with E-state index in [1.807, 2.05) is 23.6 Å². The standard InChI is InChI=1S/C11H14ClN3O2S/c1-3-7(10(16)17)13-4-8-9(12)14-11-15(8)6(2)5-18-11/h5,7,13H,3-4H2,1-2H3,(H,16,17). The lowest BCUT2D eigenvalue weighted by molar-refractivity contribution is -0.139. The summed E-state index contributed by atoms with van der Waals surface area (Å²) in [7, 11) is 0. The number of imidazole rings is 1. The zero-order valence-corrected chi connectivity index (χ0v) is 11.7. The number of hydrogen-bond donors (Lipinski definition) is 2. The first-order valence-corrected chi connectivity index (χ1v) is 6.87. The van der Waals surface area contributed by atoms with Crippen LogP contribution in [0.4, 0.5) is 0 Å². The number of rotatable bonds is 5. The number of aryl methyl sites for hydroxylation is 1. The Morgan fingerprint density at radius 3 is 3.06 bits per heavy atom. The Morgan fingerprint density at radius 1 is 1.72 bits per heavy atom. The molecule has 0 bridgehead atoms. The number of carboxylic acids is 1. The molecule has 0 aliphatic heterocycles. The molecule has 2 N–H and O–H groups in total. The number of carbonyl (C=O) groups is 1. The molecular formula is C11H14ClN3O2S. The Balaban J connectivity index is 2.23. The number of aliphatic carboxylic acids is 1. The van der Waals surface area contributed by atoms with E-state index in [4.69, 9.17) is 16.7 Å². The van der Waals surface area contributed by atoms with E-state index in [2.05, 4.69) is 10.3 Å². The van der Waals surface area contributed by atoms with E-state index in [0.717, 1.165) is 16.3 Å². The highest BCUT2D eigenvalue weighted by Gasteiger charge is 2.18. The van der Waals surface area contributed by atoms with Crippen LogP contribution in [-0.2, 0) is 11.3 Å². The van der Waals surface area contributed by atoms with Gasteiger partial charge in [-0.2, -0.15) is 0 Å². The minimum Gasteiger partial charge on any atom is -0.480 e. The molecule has 5 nitrogen and oxygen atoms in total. The fourth-order valence-electron chi connectivity index (χ4n) is 1.82. The van der Waals surface area contributed by atoms with Crippen LogP contribution < -0.4 is 5.32 Å². The number of hydrogen-bond acceptors (Lipinski definition) is 4. The van der Waals surface area contributed by atoms with Crippen LogP contribution in [0.1, 0.15) is 24.7 Å². The van der Waals surface area contributed by atoms with E-state index < -0.39 is 12.0 Å². The molecular weight excluding hydrogens is 274 g/mol. The first kappa shape index (κ1) is 13.3. The van der Waals surface area contributed by atoms with Crippen LogP contribution in [0.3, 0.4) is 0 Å². The Kier molecular flexibility index (Phi) is 3.89. The average Bonchev–Trinajstić information content (AvgIpc) is 2.81. The summed E-state index contributed by atoms with van der Waals surface area (Å²) < 4.78 is 1.95. The van der Waals surface area contributed by atoms with Gasteiger partial charge in [-0.3, -0.25) is 14.5 Å². The molecule has 2 aromatic rings. The molecule has 18 heavy (non-hydrogen) atoms. The van der Waals surface area contributed by atoms with Crippen LogP contribution in [0.15, 0.2) is 5.38 Å². The quantitative estimate of drug-likeness (QED) is 0.886. The van der Waals surface area contributed by atoms with Gasteiger partial charge in [-0.1, -0.05) is 18.5 Å². The molecule has 98 valence electrons. The highest BCUT2D eigenvalue weighted by atomic mass is 35.5. The summed E-state index contributed by atoms with van der Waals surface area (Å²) in [6.07, 6.45) is 0.525. The fraction of sp³-hybridized carbons (Fsp3) is 0.455. The molecule has 0 aliphatic rings. The van der Waals surface area contributed by atoms with E-state index in [0.29, 0.717) is 18.1 Å². The number of fused-ring (bicyclic) bond motifs is 1. The molecule has 2 aromatic heterocycles. The predicted molar refractivity (Wildman–Crippen MR) is 71.4 cm³/mol. The lowest BCUT2D eigenvalue weighted by Gasteiger charge is -2.12. The van der Waals surface area contributed by atoms with Crippen molar-refractivity contribution >= 4 is 33.9 Å². The lowest BCUT2D eigenvalue weighted by Crippen LogP contribution is -2.35. The predicted octanol–water partition coefficient (Wildman–Crippen LogP) is 2.31. The van der Waals surface area contributed by atoms with E-state index in [9.17, 15) is 4.79 Å². The second-order valence-electron chi connectivity index (χ2n) is 4.02. The number of carboxylic acid groups (broad SMARTS) is 1. The monoisotopic (exact) mass is 287 g/mol. The molecule has 1 unspecified atom stereocenters. The molecule has 7 heteroatoms. The van der Waals surface area contributed by atoms with Crippen LogP contribution in [0.2, 0.25) is 5.15 Å². The van der Waals surface area contributed by atoms with Crippen molar-refractivity contribution in [1.82, 2.24) is 14.7 Å². The highest BCUT2D eigenvalue weighted by molar-refractivity contribution is 7.15. The van der Waals surface area contributed by atoms with Crippen molar-refractivity contribution in [2.45, 2.75) is 32.9 Å². The second kappa shape index (κ2) is 5.26. The summed E-state index contributed by atoms with van der Waals surface area (Å²) in [5.41, 5.74) is 1.86. The smallest absolute Gasteiger partial charge is 0.320 e. The van der Waals surface area contributed by atoms with E-state index in [1.165, 1.54) is 11.3 Å². The van der Waals surface area contributed by atoms with Crippen molar-refractivity contribution < 1.29 is 9.90 Å². The Bertz CT molecular complexity index is 578. The third-order valence-corrected chi connectivity index (χ3v) is 4.05. The zero-order valence-electron chi connectivity index (χ0n) is 10.1. The van der Waals surface area contributed by atoms with E-state index >= 15 is 0 Å². The third-order valence-electron chi connectivity index (χ3n) is 2.80. The second-order valence-corrected chi connectivity index (χ2v) is 5.22. The summed E-state index contributed by atoms with van der Waals surface area (Å²) >= 11 is 7.59. The average molecular weight is 288 g/mol. The highest BCUT2D eigenvalue weighted by Crippen LogP contribution is 2.23. The van der Waals surface area contributed by atoms with Gasteiger partial charge in [0.1, 0.15) is 6.04 Å². The summed E-state index contributed by atoms with van der Waals surface area (Å²) in [5, 5.41) is 14.4. The molecule has 0 fully saturated rings. The van der Waals surface area contributed by atoms with Crippen molar-refractivity contribution in [2.24, 2.45) is 0 Å². The Hall–Kier alpha value is -1.11. The maximum atomic E-state index is 10.9. The van der Waals surface area contributed by atoms with Gasteiger partial charge in [0.2, 0.25) is 0 Å². The van der Waals surface area contributed by atoms with Gasteiger partial charge in [0.15, 0.2) is 10.1 Å². The van der Waals surface area contributed by atoms with Crippen LogP contribution in [0.5, 0.6) is 0 Å². The normalized spacial score (nSPS) is 13.1. The molecule has 0 spiro atoms. The largest absolute Gasteiger partial charge is 0.480 e. The minimum absolute atomic E-state index is 0.391. The Labute approximate surface area is 113 Å². The van der Waals surface area contributed by atoms with Crippen molar-refractivity contribution in [3.05, 3.63) is 21.9 Å². The first-order valence-electron chi connectivity index (χ1n) is 5.61. The first-order chi connectivity index (χ1) is 8.54. The van der Waals surface area contributed by atoms with Crippen molar-refractivity contribution in [2.75, 3.05) is 0 Å². The zero-order chi connectivity index (χ0) is 13.3. The van der Waals surface area contributed by atoms with Gasteiger partial charge in [-0.15, -0.1) is 11.3 Å². The Morgan fingerprint density at radius 2 is 2.44 bits per heavy atom. The minimum atomic E-state index is -0.851. The van der Waals surface area contributed by atoms with Crippen molar-refractivity contribution in [1.29, 1.82) is 0 Å². The van der Waals surface area contributed by atoms with Crippen LogP contribution >= 0.6 is 22.9 Å². The lowest BCUT2D eigenvalue weighted by atomic mass is 10.2. The summed E-state index contributed by atoms with van der Waals surface area (Å²) in [5.74, 6) is -0.851. The maximum Gasteiger partial charge on any atom is 0.320 e. The van der Waals surface area contributed by atoms with E-state index in [1.54, 1.807) is 0 Å². The molecule has 0 saturated carbocycles. The van der Waals surface area contributed by atoms with Gasteiger partial charge >= 0.3 is 5.97 Å². The molecule has 0 saturated heterocycles. The van der Waals surface area contributed by atoms with Crippen LogP contribution in [-0.4, -0.2) is 26.5 Å². The number of thiazole rings is 1. The van der Waals surface area contributed by atoms with Gasteiger partial charge in [-0.25, -0.2) is 4.98 Å². The van der Waals surface area contributed by atoms with E-state index in [-0.39, 0.29) is 0 Å². The van der Waals surface area contributed by atoms with Gasteiger partial charge in [0.25, 0.3) is 0 Å². The van der Waals surface area contributed by atoms with Crippen LogP contribution in [0.25, 0.3) is 4.96 Å². The van der Waals surface area contributed by atoms with Gasteiger partial charge in [0, 0.05) is 17.6 Å². The number of halogens is 1. The van der Waals surface area contributed by atoms with Gasteiger partial charge in [0.05, 0.1) is 5.69 Å². The fourth-order valence-corrected chi connectivity index (χ4v) is 2.98. The van der Waals surface area contributed by atoms with Crippen molar-refractivity contribution in [3.63, 3.8) is 0 Å². The summed E-state index contributed by atoms with van der Waals surface area (Å²) in [6, 6.07) is -0.564. The maximum absolute atomic E-state index is 10.9. The summed E-state index contributed by atoms with van der Waals surface area (Å²) in [4.78, 5) is 16.0. The molecule has 0 aliphatic carbocycles. The van der Waals surface area contributed by atoms with Gasteiger partial charge in [-0.05, 0) is 13.3 Å². The third kappa shape index (κ3) is 2.36. The van der Waals surface area contributed by atoms with Crippen molar-refractivity contribution in [3.8, 4) is 0 Å². The van der Waals surface area contributed by atoms with Gasteiger partial charge < -0.3 is 5.11 Å². The number of nitrogens with zero attached hydrogens (tertiary/aromatic N) is 2. The molecule has 0 aromatic carbocycles. The number of aromatic nitrogens is 2. The van der Waals surface area contributed by atoms with Crippen LogP contribution in [0, 0.1) is 6.92 Å². The topological polar surface area (TPSA) is 66.6 Å². The number of nitrogens with one attached hydrogen (secondary N) is 1. The molecule has 0 radical (unpaired) electrons. The molecule has 1 atom stereocenters. The molecule has 0 amide bonds. The summed E-state index contributed by atoms with van der Waals surface area (Å²) in [6.45, 7) is 4.19. The molecule has 2 heterocycles. The SMILES string of the molecule is CCC(NCc1c(Cl)nc2scc(C)n12)C(=O)O. The molecule has 2 rings (SSSR count).